The fraction of sp³-hybridized carbons (Fsp3) is 0.250. The van der Waals surface area contributed by atoms with Crippen LogP contribution in [0, 0.1) is 0 Å². The first-order valence-corrected chi connectivity index (χ1v) is 9.97. The van der Waals surface area contributed by atoms with Gasteiger partial charge in [0.25, 0.3) is 0 Å². The van der Waals surface area contributed by atoms with E-state index in [1.54, 1.807) is 30.2 Å². The van der Waals surface area contributed by atoms with Crippen LogP contribution in [0.4, 0.5) is 0 Å². The molecule has 0 spiro atoms. The van der Waals surface area contributed by atoms with Crippen LogP contribution in [0.2, 0.25) is 0 Å². The Balaban J connectivity index is 1.49. The van der Waals surface area contributed by atoms with Crippen LogP contribution in [0.3, 0.4) is 0 Å². The average Bonchev–Trinajstić information content (AvgIpc) is 3.05. The lowest BCUT2D eigenvalue weighted by Gasteiger charge is -2.12. The molecule has 1 amide bonds. The molecular weight excluding hydrogens is 350 g/mol. The predicted octanol–water partition coefficient (Wildman–Crippen LogP) is 4.75. The van der Waals surface area contributed by atoms with Gasteiger partial charge in [-0.05, 0) is 60.0 Å². The summed E-state index contributed by atoms with van der Waals surface area (Å²) in [4.78, 5) is 13.4. The second-order valence-electron chi connectivity index (χ2n) is 5.73. The van der Waals surface area contributed by atoms with Crippen molar-refractivity contribution in [2.45, 2.75) is 23.5 Å². The minimum atomic E-state index is -0.132. The molecule has 5 heteroatoms. The van der Waals surface area contributed by atoms with Crippen LogP contribution in [-0.4, -0.2) is 24.8 Å². The molecule has 0 aliphatic heterocycles. The number of carbonyl (C=O) groups is 1. The lowest BCUT2D eigenvalue weighted by Crippen LogP contribution is -2.32. The Morgan fingerprint density at radius 3 is 2.72 bits per heavy atom. The normalized spacial score (nSPS) is 12.1. The Hall–Kier alpha value is -1.98. The maximum Gasteiger partial charge on any atom is 0.233 e. The summed E-state index contributed by atoms with van der Waals surface area (Å²) in [7, 11) is 1.65. The van der Waals surface area contributed by atoms with E-state index in [4.69, 9.17) is 4.74 Å². The van der Waals surface area contributed by atoms with Crippen molar-refractivity contribution >= 4 is 39.1 Å². The van der Waals surface area contributed by atoms with Gasteiger partial charge in [0.15, 0.2) is 0 Å². The van der Waals surface area contributed by atoms with Gasteiger partial charge >= 0.3 is 0 Å². The number of rotatable bonds is 7. The minimum Gasteiger partial charge on any atom is -0.497 e. The first-order chi connectivity index (χ1) is 12.2. The summed E-state index contributed by atoms with van der Waals surface area (Å²) in [5.74, 6) is 0.893. The molecule has 130 valence electrons. The SMILES string of the molecule is COc1ccc(SC(C)C(=O)NCCc2csc3ccccc23)cc1. The third-order valence-corrected chi connectivity index (χ3v) is 6.12. The van der Waals surface area contributed by atoms with Gasteiger partial charge in [-0.15, -0.1) is 23.1 Å². The van der Waals surface area contributed by atoms with E-state index in [9.17, 15) is 4.79 Å². The highest BCUT2D eigenvalue weighted by Crippen LogP contribution is 2.27. The van der Waals surface area contributed by atoms with E-state index in [0.29, 0.717) is 6.54 Å². The second-order valence-corrected chi connectivity index (χ2v) is 8.06. The van der Waals surface area contributed by atoms with E-state index in [1.807, 2.05) is 31.2 Å². The highest BCUT2D eigenvalue weighted by molar-refractivity contribution is 8.00. The number of benzene rings is 2. The molecule has 3 aromatic rings. The highest BCUT2D eigenvalue weighted by Gasteiger charge is 2.14. The van der Waals surface area contributed by atoms with Crippen LogP contribution in [0.25, 0.3) is 10.1 Å². The molecule has 1 N–H and O–H groups in total. The fourth-order valence-corrected chi connectivity index (χ4v) is 4.49. The molecule has 1 aromatic heterocycles. The number of thiophene rings is 1. The molecule has 0 aliphatic rings. The third-order valence-electron chi connectivity index (χ3n) is 4.00. The van der Waals surface area contributed by atoms with Gasteiger partial charge in [-0.3, -0.25) is 4.79 Å². The summed E-state index contributed by atoms with van der Waals surface area (Å²) in [6.07, 6.45) is 0.857. The van der Waals surface area contributed by atoms with E-state index < -0.39 is 0 Å². The van der Waals surface area contributed by atoms with Crippen molar-refractivity contribution in [1.82, 2.24) is 5.32 Å². The maximum atomic E-state index is 12.3. The van der Waals surface area contributed by atoms with Crippen molar-refractivity contribution in [2.75, 3.05) is 13.7 Å². The number of methoxy groups -OCH3 is 1. The summed E-state index contributed by atoms with van der Waals surface area (Å²) >= 11 is 3.31. The first-order valence-electron chi connectivity index (χ1n) is 8.21. The van der Waals surface area contributed by atoms with Crippen molar-refractivity contribution in [3.8, 4) is 5.75 Å². The zero-order valence-corrected chi connectivity index (χ0v) is 16.0. The van der Waals surface area contributed by atoms with Crippen LogP contribution in [0.15, 0.2) is 58.8 Å². The zero-order valence-electron chi connectivity index (χ0n) is 14.3. The summed E-state index contributed by atoms with van der Waals surface area (Å²) < 4.78 is 6.45. The molecule has 1 unspecified atom stereocenters. The third kappa shape index (κ3) is 4.55. The Morgan fingerprint density at radius 1 is 1.20 bits per heavy atom. The molecule has 0 bridgehead atoms. The first kappa shape index (κ1) is 17.8. The van der Waals surface area contributed by atoms with Crippen LogP contribution in [0.5, 0.6) is 5.75 Å². The van der Waals surface area contributed by atoms with Crippen molar-refractivity contribution in [2.24, 2.45) is 0 Å². The molecule has 0 saturated carbocycles. The molecule has 1 atom stereocenters. The molecule has 25 heavy (non-hydrogen) atoms. The molecule has 2 aromatic carbocycles. The number of thioether (sulfide) groups is 1. The highest BCUT2D eigenvalue weighted by atomic mass is 32.2. The van der Waals surface area contributed by atoms with Gasteiger partial charge in [0, 0.05) is 16.1 Å². The van der Waals surface area contributed by atoms with Gasteiger partial charge in [0.2, 0.25) is 5.91 Å². The lowest BCUT2D eigenvalue weighted by atomic mass is 10.1. The standard InChI is InChI=1S/C20H21NO2S2/c1-14(25-17-9-7-16(23-2)8-10-17)20(22)21-12-11-15-13-24-19-6-4-3-5-18(15)19/h3-10,13-14H,11-12H2,1-2H3,(H,21,22). The topological polar surface area (TPSA) is 38.3 Å². The molecule has 3 nitrogen and oxygen atoms in total. The summed E-state index contributed by atoms with van der Waals surface area (Å²) in [6.45, 7) is 2.59. The van der Waals surface area contributed by atoms with E-state index in [1.165, 1.54) is 15.6 Å². The van der Waals surface area contributed by atoms with Gasteiger partial charge in [-0.25, -0.2) is 0 Å². The van der Waals surface area contributed by atoms with Crippen LogP contribution < -0.4 is 10.1 Å². The summed E-state index contributed by atoms with van der Waals surface area (Å²) in [5.41, 5.74) is 1.30. The van der Waals surface area contributed by atoms with E-state index in [2.05, 4.69) is 35.0 Å². The zero-order chi connectivity index (χ0) is 17.6. The van der Waals surface area contributed by atoms with Gasteiger partial charge < -0.3 is 10.1 Å². The second kappa shape index (κ2) is 8.41. The monoisotopic (exact) mass is 371 g/mol. The number of nitrogens with one attached hydrogen (secondary N) is 1. The fourth-order valence-electron chi connectivity index (χ4n) is 2.60. The summed E-state index contributed by atoms with van der Waals surface area (Å²) in [6, 6.07) is 16.2. The Labute approximate surface area is 156 Å². The summed E-state index contributed by atoms with van der Waals surface area (Å²) in [5, 5.41) is 6.40. The maximum absolute atomic E-state index is 12.3. The van der Waals surface area contributed by atoms with Crippen LogP contribution >= 0.6 is 23.1 Å². The molecule has 0 aliphatic carbocycles. The largest absolute Gasteiger partial charge is 0.497 e. The van der Waals surface area contributed by atoms with Gasteiger partial charge in [0.1, 0.15) is 5.75 Å². The Kier molecular flexibility index (Phi) is 6.00. The minimum absolute atomic E-state index is 0.0698. The molecule has 0 saturated heterocycles. The van der Waals surface area contributed by atoms with Gasteiger partial charge in [-0.1, -0.05) is 18.2 Å². The number of amides is 1. The van der Waals surface area contributed by atoms with Crippen molar-refractivity contribution in [3.63, 3.8) is 0 Å². The van der Waals surface area contributed by atoms with Gasteiger partial charge in [-0.2, -0.15) is 0 Å². The van der Waals surface area contributed by atoms with Crippen molar-refractivity contribution in [3.05, 3.63) is 59.5 Å². The van der Waals surface area contributed by atoms with Gasteiger partial charge in [0.05, 0.1) is 12.4 Å². The number of hydrogen-bond donors (Lipinski definition) is 1. The number of ether oxygens (including phenoxy) is 1. The number of fused-ring (bicyclic) bond motifs is 1. The van der Waals surface area contributed by atoms with Crippen molar-refractivity contribution < 1.29 is 9.53 Å². The number of hydrogen-bond acceptors (Lipinski definition) is 4. The smallest absolute Gasteiger partial charge is 0.233 e. The molecule has 1 heterocycles. The molecular formula is C20H21NO2S2. The van der Waals surface area contributed by atoms with Crippen LogP contribution in [-0.2, 0) is 11.2 Å². The molecule has 0 fully saturated rings. The molecule has 0 radical (unpaired) electrons. The number of carbonyl (C=O) groups excluding carboxylic acids is 1. The lowest BCUT2D eigenvalue weighted by molar-refractivity contribution is -0.120. The predicted molar refractivity (Wildman–Crippen MR) is 107 cm³/mol. The van der Waals surface area contributed by atoms with Crippen molar-refractivity contribution in [1.29, 1.82) is 0 Å². The Bertz CT molecular complexity index is 842. The quantitative estimate of drug-likeness (QED) is 0.609. The van der Waals surface area contributed by atoms with E-state index in [-0.39, 0.29) is 11.2 Å². The molecule has 3 rings (SSSR count). The van der Waals surface area contributed by atoms with E-state index >= 15 is 0 Å². The van der Waals surface area contributed by atoms with Crippen LogP contribution in [0.1, 0.15) is 12.5 Å². The van der Waals surface area contributed by atoms with E-state index in [0.717, 1.165) is 17.1 Å². The Morgan fingerprint density at radius 2 is 1.96 bits per heavy atom. The average molecular weight is 372 g/mol.